The maximum atomic E-state index is 13.4. The third kappa shape index (κ3) is 1.82. The standard InChI is InChI=1S/C16H14FNO/c1-2-10-3-5-12-13-6-4-11(17)8-15(13)16(9-18-19)14(12)7-10/h3-9,16,19H,2H2,1H3. The van der Waals surface area contributed by atoms with Gasteiger partial charge in [-0.05, 0) is 46.4 Å². The number of oxime groups is 1. The fourth-order valence-electron chi connectivity index (χ4n) is 2.77. The van der Waals surface area contributed by atoms with E-state index in [-0.39, 0.29) is 11.7 Å². The van der Waals surface area contributed by atoms with Gasteiger partial charge in [0.05, 0.1) is 6.21 Å². The molecule has 96 valence electrons. The first kappa shape index (κ1) is 11.9. The van der Waals surface area contributed by atoms with Crippen molar-refractivity contribution in [3.63, 3.8) is 0 Å². The van der Waals surface area contributed by atoms with Crippen molar-refractivity contribution in [3.8, 4) is 11.1 Å². The van der Waals surface area contributed by atoms with Crippen LogP contribution in [0.1, 0.15) is 29.5 Å². The van der Waals surface area contributed by atoms with Gasteiger partial charge in [0.15, 0.2) is 0 Å². The van der Waals surface area contributed by atoms with E-state index >= 15 is 0 Å². The van der Waals surface area contributed by atoms with Crippen molar-refractivity contribution in [2.24, 2.45) is 5.16 Å². The van der Waals surface area contributed by atoms with Crippen molar-refractivity contribution < 1.29 is 9.60 Å². The second-order valence-corrected chi connectivity index (χ2v) is 4.75. The predicted octanol–water partition coefficient (Wildman–Crippen LogP) is 3.96. The van der Waals surface area contributed by atoms with Crippen molar-refractivity contribution in [1.29, 1.82) is 0 Å². The smallest absolute Gasteiger partial charge is 0.123 e. The van der Waals surface area contributed by atoms with Crippen LogP contribution in [0.4, 0.5) is 4.39 Å². The minimum atomic E-state index is -0.265. The van der Waals surface area contributed by atoms with E-state index in [0.717, 1.165) is 28.7 Å². The Kier molecular flexibility index (Phi) is 2.82. The first-order chi connectivity index (χ1) is 9.24. The zero-order chi connectivity index (χ0) is 13.4. The molecule has 1 aliphatic rings. The van der Waals surface area contributed by atoms with E-state index in [1.807, 2.05) is 0 Å². The van der Waals surface area contributed by atoms with Gasteiger partial charge in [-0.3, -0.25) is 0 Å². The fraction of sp³-hybridized carbons (Fsp3) is 0.188. The van der Waals surface area contributed by atoms with E-state index in [1.165, 1.54) is 23.9 Å². The van der Waals surface area contributed by atoms with Gasteiger partial charge < -0.3 is 5.21 Å². The molecule has 0 saturated carbocycles. The Morgan fingerprint density at radius 2 is 1.84 bits per heavy atom. The quantitative estimate of drug-likeness (QED) is 0.491. The van der Waals surface area contributed by atoms with Crippen molar-refractivity contribution >= 4 is 6.21 Å². The second-order valence-electron chi connectivity index (χ2n) is 4.75. The number of aryl methyl sites for hydroxylation is 1. The highest BCUT2D eigenvalue weighted by atomic mass is 19.1. The van der Waals surface area contributed by atoms with Crippen LogP contribution in [0.5, 0.6) is 0 Å². The Bertz CT molecular complexity index is 664. The van der Waals surface area contributed by atoms with Gasteiger partial charge >= 0.3 is 0 Å². The minimum Gasteiger partial charge on any atom is -0.411 e. The van der Waals surface area contributed by atoms with Gasteiger partial charge in [-0.15, -0.1) is 5.16 Å². The molecular formula is C16H14FNO. The monoisotopic (exact) mass is 255 g/mol. The van der Waals surface area contributed by atoms with E-state index in [2.05, 4.69) is 30.3 Å². The number of fused-ring (bicyclic) bond motifs is 3. The lowest BCUT2D eigenvalue weighted by molar-refractivity contribution is 0.320. The molecule has 0 aromatic heterocycles. The van der Waals surface area contributed by atoms with Crippen molar-refractivity contribution in [1.82, 2.24) is 0 Å². The summed E-state index contributed by atoms with van der Waals surface area (Å²) in [5, 5.41) is 12.0. The Balaban J connectivity index is 2.25. The average molecular weight is 255 g/mol. The fourth-order valence-corrected chi connectivity index (χ4v) is 2.77. The summed E-state index contributed by atoms with van der Waals surface area (Å²) in [5.74, 6) is -0.434. The SMILES string of the molecule is CCc1ccc2c(c1)C(C=NO)c1cc(F)ccc1-2. The van der Waals surface area contributed by atoms with Gasteiger partial charge in [-0.2, -0.15) is 0 Å². The molecule has 0 saturated heterocycles. The normalized spacial score (nSPS) is 16.6. The Morgan fingerprint density at radius 1 is 1.16 bits per heavy atom. The Hall–Kier alpha value is -2.16. The summed E-state index contributed by atoms with van der Waals surface area (Å²) in [6.07, 6.45) is 2.41. The molecule has 0 amide bonds. The van der Waals surface area contributed by atoms with Crippen LogP contribution in [-0.2, 0) is 6.42 Å². The summed E-state index contributed by atoms with van der Waals surface area (Å²) >= 11 is 0. The lowest BCUT2D eigenvalue weighted by Gasteiger charge is -2.08. The minimum absolute atomic E-state index is 0.169. The highest BCUT2D eigenvalue weighted by molar-refractivity contribution is 5.89. The van der Waals surface area contributed by atoms with Gasteiger partial charge in [0.2, 0.25) is 0 Å². The zero-order valence-electron chi connectivity index (χ0n) is 10.6. The third-order valence-electron chi connectivity index (χ3n) is 3.71. The maximum absolute atomic E-state index is 13.4. The predicted molar refractivity (Wildman–Crippen MR) is 73.3 cm³/mol. The Morgan fingerprint density at radius 3 is 2.53 bits per heavy atom. The van der Waals surface area contributed by atoms with E-state index in [9.17, 15) is 4.39 Å². The third-order valence-corrected chi connectivity index (χ3v) is 3.71. The van der Waals surface area contributed by atoms with Gasteiger partial charge in [0.25, 0.3) is 0 Å². The first-order valence-electron chi connectivity index (χ1n) is 6.34. The van der Waals surface area contributed by atoms with Gasteiger partial charge in [0.1, 0.15) is 5.82 Å². The number of nitrogens with zero attached hydrogens (tertiary/aromatic N) is 1. The molecule has 1 N–H and O–H groups in total. The molecule has 19 heavy (non-hydrogen) atoms. The highest BCUT2D eigenvalue weighted by Gasteiger charge is 2.28. The summed E-state index contributed by atoms with van der Waals surface area (Å²) in [7, 11) is 0. The average Bonchev–Trinajstić information content (AvgIpc) is 2.72. The summed E-state index contributed by atoms with van der Waals surface area (Å²) < 4.78 is 13.4. The molecule has 0 spiro atoms. The molecule has 0 radical (unpaired) electrons. The van der Waals surface area contributed by atoms with Crippen LogP contribution in [0.25, 0.3) is 11.1 Å². The molecular weight excluding hydrogens is 241 g/mol. The summed E-state index contributed by atoms with van der Waals surface area (Å²) in [5.41, 5.74) is 5.28. The second kappa shape index (κ2) is 4.50. The summed E-state index contributed by atoms with van der Waals surface area (Å²) in [4.78, 5) is 0. The molecule has 0 heterocycles. The number of hydrogen-bond acceptors (Lipinski definition) is 2. The molecule has 0 fully saturated rings. The number of rotatable bonds is 2. The van der Waals surface area contributed by atoms with Gasteiger partial charge in [-0.1, -0.05) is 31.2 Å². The van der Waals surface area contributed by atoms with Crippen molar-refractivity contribution in [3.05, 3.63) is 58.9 Å². The van der Waals surface area contributed by atoms with Crippen LogP contribution in [0, 0.1) is 5.82 Å². The van der Waals surface area contributed by atoms with Crippen LogP contribution in [0.3, 0.4) is 0 Å². The van der Waals surface area contributed by atoms with Crippen LogP contribution in [-0.4, -0.2) is 11.4 Å². The highest BCUT2D eigenvalue weighted by Crippen LogP contribution is 2.44. The summed E-state index contributed by atoms with van der Waals surface area (Å²) in [6, 6.07) is 11.0. The Labute approximate surface area is 111 Å². The largest absolute Gasteiger partial charge is 0.411 e. The molecule has 3 rings (SSSR count). The molecule has 2 aromatic rings. The first-order valence-corrected chi connectivity index (χ1v) is 6.34. The molecule has 3 heteroatoms. The van der Waals surface area contributed by atoms with Crippen LogP contribution < -0.4 is 0 Å². The molecule has 1 unspecified atom stereocenters. The van der Waals surface area contributed by atoms with E-state index in [4.69, 9.17) is 5.21 Å². The maximum Gasteiger partial charge on any atom is 0.123 e. The molecule has 1 atom stereocenters. The molecule has 1 aliphatic carbocycles. The zero-order valence-corrected chi connectivity index (χ0v) is 10.6. The van der Waals surface area contributed by atoms with Crippen molar-refractivity contribution in [2.45, 2.75) is 19.3 Å². The number of benzene rings is 2. The lowest BCUT2D eigenvalue weighted by Crippen LogP contribution is -1.99. The van der Waals surface area contributed by atoms with E-state index in [1.54, 1.807) is 6.07 Å². The number of hydrogen-bond donors (Lipinski definition) is 1. The van der Waals surface area contributed by atoms with Gasteiger partial charge in [-0.25, -0.2) is 4.39 Å². The van der Waals surface area contributed by atoms with Crippen molar-refractivity contribution in [2.75, 3.05) is 0 Å². The van der Waals surface area contributed by atoms with Gasteiger partial charge in [0, 0.05) is 5.92 Å². The lowest BCUT2D eigenvalue weighted by atomic mass is 9.96. The van der Waals surface area contributed by atoms with Crippen LogP contribution >= 0.6 is 0 Å². The van der Waals surface area contributed by atoms with E-state index < -0.39 is 0 Å². The topological polar surface area (TPSA) is 32.6 Å². The molecule has 0 aliphatic heterocycles. The molecule has 2 aromatic carbocycles. The number of halogens is 1. The molecule has 2 nitrogen and oxygen atoms in total. The van der Waals surface area contributed by atoms with E-state index in [0.29, 0.717) is 0 Å². The van der Waals surface area contributed by atoms with Crippen LogP contribution in [0.15, 0.2) is 41.6 Å². The van der Waals surface area contributed by atoms with Crippen LogP contribution in [0.2, 0.25) is 0 Å². The summed E-state index contributed by atoms with van der Waals surface area (Å²) in [6.45, 7) is 2.10. The molecule has 0 bridgehead atoms.